The van der Waals surface area contributed by atoms with Crippen LogP contribution in [0.1, 0.15) is 40.0 Å². The molecular weight excluding hydrogens is 398 g/mol. The molecule has 0 bridgehead atoms. The van der Waals surface area contributed by atoms with Gasteiger partial charge in [0.05, 0.1) is 11.5 Å². The van der Waals surface area contributed by atoms with Crippen LogP contribution in [0, 0.1) is 0 Å². The maximum absolute atomic E-state index is 13.4. The second-order valence-electron chi connectivity index (χ2n) is 8.75. The molecule has 7 heteroatoms. The van der Waals surface area contributed by atoms with Gasteiger partial charge in [-0.2, -0.15) is 4.31 Å². The fourth-order valence-corrected chi connectivity index (χ4v) is 6.09. The van der Waals surface area contributed by atoms with Crippen molar-refractivity contribution in [3.8, 4) is 0 Å². The Hall–Kier alpha value is -0.663. The van der Waals surface area contributed by atoms with Gasteiger partial charge >= 0.3 is 0 Å². The average molecular weight is 430 g/mol. The van der Waals surface area contributed by atoms with E-state index in [0.29, 0.717) is 11.6 Å². The molecule has 27 heavy (non-hydrogen) atoms. The van der Waals surface area contributed by atoms with E-state index in [4.69, 9.17) is 16.0 Å². The van der Waals surface area contributed by atoms with Crippen molar-refractivity contribution in [1.29, 1.82) is 0 Å². The summed E-state index contributed by atoms with van der Waals surface area (Å²) in [6.45, 7) is 15.3. The molecule has 152 valence electrons. The average Bonchev–Trinajstić information content (AvgIpc) is 2.59. The van der Waals surface area contributed by atoms with E-state index < -0.39 is 18.3 Å². The summed E-state index contributed by atoms with van der Waals surface area (Å²) in [6.07, 6.45) is 4.29. The van der Waals surface area contributed by atoms with Gasteiger partial charge in [0.15, 0.2) is 8.32 Å². The summed E-state index contributed by atoms with van der Waals surface area (Å²) in [5.74, 6) is 0. The van der Waals surface area contributed by atoms with Crippen molar-refractivity contribution in [3.63, 3.8) is 0 Å². The lowest BCUT2D eigenvalue weighted by atomic mass is 9.99. The molecule has 0 spiro atoms. The lowest BCUT2D eigenvalue weighted by Crippen LogP contribution is -2.53. The summed E-state index contributed by atoms with van der Waals surface area (Å²) in [5.41, 5.74) is 0. The fraction of sp³-hybridized carbons (Fsp3) is 0.600. The highest BCUT2D eigenvalue weighted by atomic mass is 35.5. The maximum atomic E-state index is 13.4. The minimum Gasteiger partial charge on any atom is -0.415 e. The Morgan fingerprint density at radius 2 is 1.85 bits per heavy atom. The van der Waals surface area contributed by atoms with E-state index in [-0.39, 0.29) is 22.0 Å². The van der Waals surface area contributed by atoms with Crippen molar-refractivity contribution in [2.24, 2.45) is 0 Å². The van der Waals surface area contributed by atoms with Gasteiger partial charge in [-0.1, -0.05) is 38.4 Å². The molecule has 0 saturated carbocycles. The highest BCUT2D eigenvalue weighted by Gasteiger charge is 2.42. The number of rotatable bonds is 6. The summed E-state index contributed by atoms with van der Waals surface area (Å²) in [4.78, 5) is 0.262. The second kappa shape index (κ2) is 8.37. The molecule has 0 aromatic heterocycles. The van der Waals surface area contributed by atoms with Crippen molar-refractivity contribution in [1.82, 2.24) is 4.31 Å². The van der Waals surface area contributed by atoms with Crippen molar-refractivity contribution in [2.75, 3.05) is 6.61 Å². The third-order valence-electron chi connectivity index (χ3n) is 5.83. The molecule has 0 N–H and O–H groups in total. The molecule has 0 aliphatic carbocycles. The molecule has 0 radical (unpaired) electrons. The van der Waals surface area contributed by atoms with Crippen molar-refractivity contribution in [3.05, 3.63) is 41.9 Å². The fourth-order valence-electron chi connectivity index (χ4n) is 3.09. The van der Waals surface area contributed by atoms with Gasteiger partial charge in [0, 0.05) is 17.1 Å². The van der Waals surface area contributed by atoms with Gasteiger partial charge in [0.25, 0.3) is 0 Å². The Morgan fingerprint density at radius 3 is 2.37 bits per heavy atom. The molecule has 1 aromatic carbocycles. The van der Waals surface area contributed by atoms with Crippen LogP contribution in [0.3, 0.4) is 0 Å². The molecule has 2 rings (SSSR count). The first kappa shape index (κ1) is 22.6. The zero-order valence-electron chi connectivity index (χ0n) is 17.0. The molecular formula is C20H32ClNO3SSi. The van der Waals surface area contributed by atoms with Gasteiger partial charge in [-0.05, 0) is 61.7 Å². The van der Waals surface area contributed by atoms with Gasteiger partial charge in [0.2, 0.25) is 10.0 Å². The van der Waals surface area contributed by atoms with E-state index in [1.54, 1.807) is 34.6 Å². The predicted octanol–water partition coefficient (Wildman–Crippen LogP) is 5.46. The molecule has 0 unspecified atom stereocenters. The van der Waals surface area contributed by atoms with Crippen LogP contribution in [0.5, 0.6) is 0 Å². The second-order valence-corrected chi connectivity index (χ2v) is 15.8. The predicted molar refractivity (Wildman–Crippen MR) is 115 cm³/mol. The topological polar surface area (TPSA) is 46.6 Å². The molecule has 1 saturated heterocycles. The highest BCUT2D eigenvalue weighted by Crippen LogP contribution is 2.38. The standard InChI is InChI=1S/C20H32ClNO3SSi/c1-7-17-9-8-10-18(15-25-27(5,6)20(2,3)4)22(17)26(23,24)19-13-11-16(21)12-14-19/h7,11-14,17-18H,1,8-10,15H2,2-6H3/t17-,18-/m0/s1. The van der Waals surface area contributed by atoms with Gasteiger partial charge in [-0.3, -0.25) is 0 Å². The van der Waals surface area contributed by atoms with Crippen LogP contribution in [0.15, 0.2) is 41.8 Å². The Morgan fingerprint density at radius 1 is 1.26 bits per heavy atom. The quantitative estimate of drug-likeness (QED) is 0.445. The van der Waals surface area contributed by atoms with Crippen LogP contribution in [0.25, 0.3) is 0 Å². The van der Waals surface area contributed by atoms with E-state index in [0.717, 1.165) is 19.3 Å². The first-order valence-corrected chi connectivity index (χ1v) is 14.2. The molecule has 4 nitrogen and oxygen atoms in total. The molecule has 1 heterocycles. The summed E-state index contributed by atoms with van der Waals surface area (Å²) in [7, 11) is -5.61. The summed E-state index contributed by atoms with van der Waals surface area (Å²) < 4.78 is 34.8. The minimum atomic E-state index is -3.65. The van der Waals surface area contributed by atoms with Gasteiger partial charge in [-0.15, -0.1) is 6.58 Å². The van der Waals surface area contributed by atoms with Crippen molar-refractivity contribution >= 4 is 29.9 Å². The van der Waals surface area contributed by atoms with Crippen molar-refractivity contribution < 1.29 is 12.8 Å². The van der Waals surface area contributed by atoms with Crippen molar-refractivity contribution in [2.45, 2.75) is 75.1 Å². The van der Waals surface area contributed by atoms with Crippen LogP contribution >= 0.6 is 11.6 Å². The SMILES string of the molecule is C=C[C@H]1CCC[C@@H](CO[Si](C)(C)C(C)(C)C)N1S(=O)(=O)c1ccc(Cl)cc1. The summed E-state index contributed by atoms with van der Waals surface area (Å²) >= 11 is 5.93. The van der Waals surface area contributed by atoms with Crippen LogP contribution in [-0.4, -0.2) is 39.7 Å². The zero-order chi connectivity index (χ0) is 20.5. The van der Waals surface area contributed by atoms with Gasteiger partial charge in [-0.25, -0.2) is 8.42 Å². The normalized spacial score (nSPS) is 22.6. The lowest BCUT2D eigenvalue weighted by molar-refractivity contribution is 0.136. The largest absolute Gasteiger partial charge is 0.415 e. The lowest BCUT2D eigenvalue weighted by Gasteiger charge is -2.43. The molecule has 0 amide bonds. The summed E-state index contributed by atoms with van der Waals surface area (Å²) in [6, 6.07) is 5.96. The molecule has 1 aliphatic rings. The smallest absolute Gasteiger partial charge is 0.243 e. The van der Waals surface area contributed by atoms with Crippen LogP contribution in [-0.2, 0) is 14.4 Å². The Labute approximate surface area is 170 Å². The molecule has 1 aliphatic heterocycles. The number of nitrogens with zero attached hydrogens (tertiary/aromatic N) is 1. The minimum absolute atomic E-state index is 0.0827. The number of hydrogen-bond donors (Lipinski definition) is 0. The molecule has 1 fully saturated rings. The van der Waals surface area contributed by atoms with E-state index in [1.807, 2.05) is 0 Å². The number of benzene rings is 1. The number of halogens is 1. The van der Waals surface area contributed by atoms with Crippen LogP contribution in [0.2, 0.25) is 23.2 Å². The third kappa shape index (κ3) is 5.04. The van der Waals surface area contributed by atoms with Gasteiger partial charge in [0.1, 0.15) is 0 Å². The number of hydrogen-bond acceptors (Lipinski definition) is 3. The highest BCUT2D eigenvalue weighted by molar-refractivity contribution is 7.89. The Kier molecular flexibility index (Phi) is 7.02. The van der Waals surface area contributed by atoms with E-state index in [9.17, 15) is 8.42 Å². The number of sulfonamides is 1. The van der Waals surface area contributed by atoms with E-state index in [2.05, 4.69) is 40.4 Å². The zero-order valence-corrected chi connectivity index (χ0v) is 19.6. The van der Waals surface area contributed by atoms with E-state index in [1.165, 1.54) is 0 Å². The van der Waals surface area contributed by atoms with Gasteiger partial charge < -0.3 is 4.43 Å². The molecule has 1 aromatic rings. The Bertz CT molecular complexity index is 756. The monoisotopic (exact) mass is 429 g/mol. The first-order chi connectivity index (χ1) is 12.4. The van der Waals surface area contributed by atoms with Crippen LogP contribution < -0.4 is 0 Å². The van der Waals surface area contributed by atoms with Crippen LogP contribution in [0.4, 0.5) is 0 Å². The van der Waals surface area contributed by atoms with E-state index >= 15 is 0 Å². The Balaban J connectivity index is 2.32. The summed E-state index contributed by atoms with van der Waals surface area (Å²) in [5, 5.41) is 0.602. The third-order valence-corrected chi connectivity index (χ3v) is 12.6. The maximum Gasteiger partial charge on any atom is 0.243 e. The molecule has 2 atom stereocenters. The first-order valence-electron chi connectivity index (χ1n) is 9.46. The number of piperidine rings is 1.